The quantitative estimate of drug-likeness (QED) is 0.830. The van der Waals surface area contributed by atoms with Crippen LogP contribution in [0.4, 0.5) is 0 Å². The predicted octanol–water partition coefficient (Wildman–Crippen LogP) is 3.56. The Balaban J connectivity index is 0.00000225. The average Bonchev–Trinajstić information content (AvgIpc) is 2.62. The molecule has 1 heterocycles. The third kappa shape index (κ3) is 4.40. The van der Waals surface area contributed by atoms with Crippen LogP contribution in [0.3, 0.4) is 0 Å². The molecule has 2 N–H and O–H groups in total. The zero-order valence-electron chi connectivity index (χ0n) is 13.7. The number of benzene rings is 2. The van der Waals surface area contributed by atoms with Crippen molar-refractivity contribution in [2.24, 2.45) is 5.73 Å². The van der Waals surface area contributed by atoms with Crippen molar-refractivity contribution in [1.82, 2.24) is 4.90 Å². The van der Waals surface area contributed by atoms with Crippen molar-refractivity contribution in [2.45, 2.75) is 18.9 Å². The summed E-state index contributed by atoms with van der Waals surface area (Å²) in [6.45, 7) is 1.26. The Morgan fingerprint density at radius 3 is 2.12 bits per heavy atom. The van der Waals surface area contributed by atoms with Gasteiger partial charge in [-0.25, -0.2) is 0 Å². The number of halogens is 2. The maximum atomic E-state index is 12.8. The fourth-order valence-corrected chi connectivity index (χ4v) is 3.02. The van der Waals surface area contributed by atoms with Crippen molar-refractivity contribution in [1.29, 1.82) is 0 Å². The molecule has 1 amide bonds. The molecule has 0 unspecified atom stereocenters. The Hall–Kier alpha value is -1.88. The maximum absolute atomic E-state index is 12.8. The minimum atomic E-state index is -0.177. The minimum absolute atomic E-state index is 0. The summed E-state index contributed by atoms with van der Waals surface area (Å²) in [5.41, 5.74) is 7.27. The van der Waals surface area contributed by atoms with Gasteiger partial charge in [-0.05, 0) is 43.2 Å². The van der Waals surface area contributed by atoms with Crippen molar-refractivity contribution in [3.8, 4) is 0 Å². The van der Waals surface area contributed by atoms with Crippen molar-refractivity contribution in [2.75, 3.05) is 13.1 Å². The van der Waals surface area contributed by atoms with E-state index in [1.54, 1.807) is 53.4 Å². The zero-order chi connectivity index (χ0) is 17.1. The summed E-state index contributed by atoms with van der Waals surface area (Å²) in [7, 11) is 0. The van der Waals surface area contributed by atoms with Gasteiger partial charge in [-0.15, -0.1) is 12.4 Å². The predicted molar refractivity (Wildman–Crippen MR) is 102 cm³/mol. The maximum Gasteiger partial charge on any atom is 0.254 e. The number of amides is 1. The fourth-order valence-electron chi connectivity index (χ4n) is 2.90. The van der Waals surface area contributed by atoms with E-state index in [4.69, 9.17) is 17.3 Å². The van der Waals surface area contributed by atoms with E-state index in [9.17, 15) is 9.59 Å². The number of carbonyl (C=O) groups is 2. The van der Waals surface area contributed by atoms with E-state index in [-0.39, 0.29) is 30.1 Å². The molecule has 0 saturated carbocycles. The lowest BCUT2D eigenvalue weighted by Gasteiger charge is -2.30. The molecule has 0 aliphatic carbocycles. The van der Waals surface area contributed by atoms with Crippen LogP contribution in [-0.2, 0) is 0 Å². The molecule has 132 valence electrons. The first kappa shape index (κ1) is 19.4. The van der Waals surface area contributed by atoms with E-state index in [0.717, 1.165) is 12.8 Å². The van der Waals surface area contributed by atoms with Gasteiger partial charge in [0.1, 0.15) is 0 Å². The Labute approximate surface area is 158 Å². The average molecular weight is 379 g/mol. The van der Waals surface area contributed by atoms with Crippen molar-refractivity contribution >= 4 is 35.7 Å². The van der Waals surface area contributed by atoms with Gasteiger partial charge in [0.05, 0.1) is 5.56 Å². The van der Waals surface area contributed by atoms with Crippen molar-refractivity contribution < 1.29 is 9.59 Å². The number of piperidine rings is 1. The lowest BCUT2D eigenvalue weighted by Crippen LogP contribution is -2.43. The van der Waals surface area contributed by atoms with Crippen LogP contribution in [0, 0.1) is 0 Å². The molecule has 6 heteroatoms. The van der Waals surface area contributed by atoms with Crippen LogP contribution in [0.25, 0.3) is 0 Å². The third-order valence-corrected chi connectivity index (χ3v) is 4.59. The summed E-state index contributed by atoms with van der Waals surface area (Å²) in [4.78, 5) is 27.4. The number of ketones is 1. The highest BCUT2D eigenvalue weighted by Gasteiger charge is 2.25. The molecule has 0 atom stereocenters. The molecule has 0 bridgehead atoms. The van der Waals surface area contributed by atoms with Crippen LogP contribution in [0.5, 0.6) is 0 Å². The van der Waals surface area contributed by atoms with Gasteiger partial charge >= 0.3 is 0 Å². The minimum Gasteiger partial charge on any atom is -0.339 e. The number of hydrogen-bond donors (Lipinski definition) is 1. The number of rotatable bonds is 3. The summed E-state index contributed by atoms with van der Waals surface area (Å²) in [6, 6.07) is 13.8. The molecule has 1 aliphatic heterocycles. The van der Waals surface area contributed by atoms with Gasteiger partial charge in [0.15, 0.2) is 5.78 Å². The molecule has 4 nitrogen and oxygen atoms in total. The summed E-state index contributed by atoms with van der Waals surface area (Å²) >= 11 is 5.88. The summed E-state index contributed by atoms with van der Waals surface area (Å²) in [6.07, 6.45) is 1.58. The second-order valence-electron chi connectivity index (χ2n) is 6.01. The first-order chi connectivity index (χ1) is 11.6. The summed E-state index contributed by atoms with van der Waals surface area (Å²) < 4.78 is 0. The van der Waals surface area contributed by atoms with Crippen LogP contribution < -0.4 is 5.73 Å². The first-order valence-corrected chi connectivity index (χ1v) is 8.38. The zero-order valence-corrected chi connectivity index (χ0v) is 15.2. The van der Waals surface area contributed by atoms with Crippen molar-refractivity contribution in [3.63, 3.8) is 0 Å². The molecule has 1 fully saturated rings. The Kier molecular flexibility index (Phi) is 6.59. The molecular weight excluding hydrogens is 359 g/mol. The smallest absolute Gasteiger partial charge is 0.254 e. The largest absolute Gasteiger partial charge is 0.339 e. The van der Waals surface area contributed by atoms with Gasteiger partial charge in [0.2, 0.25) is 0 Å². The summed E-state index contributed by atoms with van der Waals surface area (Å²) in [5.74, 6) is -0.288. The molecule has 0 spiro atoms. The Morgan fingerprint density at radius 2 is 1.52 bits per heavy atom. The number of carbonyl (C=O) groups excluding carboxylic acids is 2. The molecule has 3 rings (SSSR count). The highest BCUT2D eigenvalue weighted by molar-refractivity contribution is 6.30. The lowest BCUT2D eigenvalue weighted by atomic mass is 9.96. The van der Waals surface area contributed by atoms with Crippen LogP contribution in [0.1, 0.15) is 39.1 Å². The number of nitrogens with two attached hydrogens (primary N) is 1. The topological polar surface area (TPSA) is 63.4 Å². The molecule has 0 radical (unpaired) electrons. The number of nitrogens with zero attached hydrogens (tertiary/aromatic N) is 1. The van der Waals surface area contributed by atoms with E-state index in [1.807, 2.05) is 0 Å². The number of hydrogen-bond acceptors (Lipinski definition) is 3. The number of likely N-dealkylation sites (tertiary alicyclic amines) is 1. The van der Waals surface area contributed by atoms with Gasteiger partial charge in [0, 0.05) is 35.3 Å². The normalized spacial score (nSPS) is 14.7. The molecule has 25 heavy (non-hydrogen) atoms. The van der Waals surface area contributed by atoms with Crippen LogP contribution in [-0.4, -0.2) is 35.7 Å². The van der Waals surface area contributed by atoms with E-state index >= 15 is 0 Å². The van der Waals surface area contributed by atoms with E-state index in [2.05, 4.69) is 0 Å². The molecule has 2 aromatic rings. The van der Waals surface area contributed by atoms with E-state index in [0.29, 0.717) is 34.8 Å². The Morgan fingerprint density at radius 1 is 0.960 bits per heavy atom. The van der Waals surface area contributed by atoms with Crippen molar-refractivity contribution in [3.05, 3.63) is 70.2 Å². The van der Waals surface area contributed by atoms with Gasteiger partial charge in [-0.3, -0.25) is 9.59 Å². The third-order valence-electron chi connectivity index (χ3n) is 4.34. The summed E-state index contributed by atoms with van der Waals surface area (Å²) in [5, 5.41) is 0.570. The van der Waals surface area contributed by atoms with Crippen LogP contribution in [0.2, 0.25) is 5.02 Å². The van der Waals surface area contributed by atoms with E-state index in [1.165, 1.54) is 0 Å². The monoisotopic (exact) mass is 378 g/mol. The molecule has 2 aromatic carbocycles. The van der Waals surface area contributed by atoms with Crippen LogP contribution >= 0.6 is 24.0 Å². The SMILES string of the molecule is Cl.NC1CCN(C(=O)c2ccccc2C(=O)c2ccc(Cl)cc2)CC1. The van der Waals surface area contributed by atoms with E-state index < -0.39 is 0 Å². The molecule has 0 aromatic heterocycles. The fraction of sp³-hybridized carbons (Fsp3) is 0.263. The lowest BCUT2D eigenvalue weighted by molar-refractivity contribution is 0.0711. The second-order valence-corrected chi connectivity index (χ2v) is 6.45. The van der Waals surface area contributed by atoms with Crippen LogP contribution in [0.15, 0.2) is 48.5 Å². The molecular formula is C19H20Cl2N2O2. The first-order valence-electron chi connectivity index (χ1n) is 8.00. The standard InChI is InChI=1S/C19H19ClN2O2.ClH/c20-14-7-5-13(6-8-14)18(23)16-3-1-2-4-17(16)19(24)22-11-9-15(21)10-12-22;/h1-8,15H,9-12,21H2;1H. The highest BCUT2D eigenvalue weighted by Crippen LogP contribution is 2.20. The second kappa shape index (κ2) is 8.48. The highest BCUT2D eigenvalue weighted by atomic mass is 35.5. The molecule has 1 aliphatic rings. The van der Waals surface area contributed by atoms with Gasteiger partial charge in [-0.2, -0.15) is 0 Å². The van der Waals surface area contributed by atoms with Gasteiger partial charge in [0.25, 0.3) is 5.91 Å². The Bertz CT molecular complexity index is 754. The molecule has 1 saturated heterocycles. The van der Waals surface area contributed by atoms with Gasteiger partial charge in [-0.1, -0.05) is 29.8 Å². The van der Waals surface area contributed by atoms with Gasteiger partial charge < -0.3 is 10.6 Å².